The summed E-state index contributed by atoms with van der Waals surface area (Å²) in [6.07, 6.45) is 4.56. The highest BCUT2D eigenvalue weighted by molar-refractivity contribution is 7.16. The summed E-state index contributed by atoms with van der Waals surface area (Å²) in [5.74, 6) is 0.711. The van der Waals surface area contributed by atoms with E-state index in [0.29, 0.717) is 5.92 Å². The van der Waals surface area contributed by atoms with Gasteiger partial charge in [0.1, 0.15) is 4.83 Å². The van der Waals surface area contributed by atoms with Gasteiger partial charge < -0.3 is 5.32 Å². The highest BCUT2D eigenvalue weighted by Crippen LogP contribution is 2.28. The molecule has 0 aliphatic carbocycles. The van der Waals surface area contributed by atoms with Crippen LogP contribution < -0.4 is 5.32 Å². The lowest BCUT2D eigenvalue weighted by atomic mass is 9.91. The van der Waals surface area contributed by atoms with Crippen LogP contribution in [0.15, 0.2) is 23.7 Å². The smallest absolute Gasteiger partial charge is 0.123 e. The lowest BCUT2D eigenvalue weighted by Gasteiger charge is -2.22. The van der Waals surface area contributed by atoms with E-state index in [0.717, 1.165) is 17.9 Å². The van der Waals surface area contributed by atoms with Crippen molar-refractivity contribution >= 4 is 21.6 Å². The molecule has 3 rings (SSSR count). The van der Waals surface area contributed by atoms with Gasteiger partial charge in [0.15, 0.2) is 0 Å². The summed E-state index contributed by atoms with van der Waals surface area (Å²) in [4.78, 5) is 5.67. The van der Waals surface area contributed by atoms with Crippen molar-refractivity contribution in [2.75, 3.05) is 13.1 Å². The number of nitrogens with zero attached hydrogens (tertiary/aromatic N) is 1. The SMILES string of the molecule is c1cc2cc(C3CCNCC3)cnc2s1. The molecule has 2 aromatic heterocycles. The second-order valence-corrected chi connectivity index (χ2v) is 5.00. The molecule has 3 heterocycles. The average Bonchev–Trinajstić information content (AvgIpc) is 2.77. The maximum atomic E-state index is 4.51. The van der Waals surface area contributed by atoms with E-state index in [1.165, 1.54) is 23.8 Å². The van der Waals surface area contributed by atoms with Crippen molar-refractivity contribution in [1.29, 1.82) is 0 Å². The normalized spacial score (nSPS) is 18.4. The Bertz CT molecular complexity index is 457. The van der Waals surface area contributed by atoms with E-state index in [2.05, 4.69) is 34.0 Å². The summed E-state index contributed by atoms with van der Waals surface area (Å²) in [6, 6.07) is 4.48. The van der Waals surface area contributed by atoms with Gasteiger partial charge in [-0.2, -0.15) is 0 Å². The van der Waals surface area contributed by atoms with Crippen LogP contribution in [0, 0.1) is 0 Å². The number of aromatic nitrogens is 1. The Labute approximate surface area is 93.3 Å². The van der Waals surface area contributed by atoms with Crippen molar-refractivity contribution in [1.82, 2.24) is 10.3 Å². The summed E-state index contributed by atoms with van der Waals surface area (Å²) >= 11 is 1.72. The zero-order chi connectivity index (χ0) is 10.1. The quantitative estimate of drug-likeness (QED) is 0.796. The van der Waals surface area contributed by atoms with E-state index in [1.807, 2.05) is 0 Å². The number of piperidine rings is 1. The molecule has 1 fully saturated rings. The Morgan fingerprint density at radius 2 is 2.20 bits per heavy atom. The number of hydrogen-bond donors (Lipinski definition) is 1. The van der Waals surface area contributed by atoms with Gasteiger partial charge >= 0.3 is 0 Å². The third-order valence-electron chi connectivity index (χ3n) is 3.14. The average molecular weight is 218 g/mol. The first kappa shape index (κ1) is 9.31. The molecule has 2 nitrogen and oxygen atoms in total. The number of pyridine rings is 1. The van der Waals surface area contributed by atoms with Gasteiger partial charge in [-0.05, 0) is 54.9 Å². The summed E-state index contributed by atoms with van der Waals surface area (Å²) in [5, 5.41) is 6.82. The van der Waals surface area contributed by atoms with Crippen LogP contribution in [0.5, 0.6) is 0 Å². The Kier molecular flexibility index (Phi) is 2.43. The Balaban J connectivity index is 1.95. The fourth-order valence-electron chi connectivity index (χ4n) is 2.25. The second kappa shape index (κ2) is 3.91. The third kappa shape index (κ3) is 1.77. The summed E-state index contributed by atoms with van der Waals surface area (Å²) < 4.78 is 0. The van der Waals surface area contributed by atoms with Crippen LogP contribution in [0.25, 0.3) is 10.2 Å². The molecule has 0 amide bonds. The minimum Gasteiger partial charge on any atom is -0.317 e. The molecule has 15 heavy (non-hydrogen) atoms. The van der Waals surface area contributed by atoms with Gasteiger partial charge in [-0.25, -0.2) is 4.98 Å². The van der Waals surface area contributed by atoms with Crippen LogP contribution in [-0.4, -0.2) is 18.1 Å². The van der Waals surface area contributed by atoms with E-state index in [1.54, 1.807) is 11.3 Å². The molecule has 3 heteroatoms. The van der Waals surface area contributed by atoms with Crippen LogP contribution in [0.4, 0.5) is 0 Å². The molecule has 0 spiro atoms. The van der Waals surface area contributed by atoms with Crippen LogP contribution in [0.2, 0.25) is 0 Å². The van der Waals surface area contributed by atoms with Crippen LogP contribution in [0.1, 0.15) is 24.3 Å². The van der Waals surface area contributed by atoms with Gasteiger partial charge in [0.05, 0.1) is 0 Å². The van der Waals surface area contributed by atoms with E-state index in [-0.39, 0.29) is 0 Å². The van der Waals surface area contributed by atoms with Crippen molar-refractivity contribution in [2.24, 2.45) is 0 Å². The zero-order valence-electron chi connectivity index (χ0n) is 8.57. The molecule has 0 bridgehead atoms. The first-order valence-electron chi connectivity index (χ1n) is 5.47. The molecule has 0 saturated carbocycles. The molecule has 1 aliphatic heterocycles. The Morgan fingerprint density at radius 1 is 1.33 bits per heavy atom. The highest BCUT2D eigenvalue weighted by atomic mass is 32.1. The topological polar surface area (TPSA) is 24.9 Å². The maximum Gasteiger partial charge on any atom is 0.123 e. The lowest BCUT2D eigenvalue weighted by molar-refractivity contribution is 0.460. The number of nitrogens with one attached hydrogen (secondary N) is 1. The van der Waals surface area contributed by atoms with Gasteiger partial charge in [-0.15, -0.1) is 11.3 Å². The summed E-state index contributed by atoms with van der Waals surface area (Å²) in [7, 11) is 0. The first-order chi connectivity index (χ1) is 7.43. The van der Waals surface area contributed by atoms with Gasteiger partial charge in [-0.3, -0.25) is 0 Å². The standard InChI is InChI=1S/C12H14N2S/c1-4-13-5-2-9(1)11-7-10-3-6-15-12(10)14-8-11/h3,6-9,13H,1-2,4-5H2. The van der Waals surface area contributed by atoms with Crippen LogP contribution in [0.3, 0.4) is 0 Å². The Morgan fingerprint density at radius 3 is 3.07 bits per heavy atom. The largest absolute Gasteiger partial charge is 0.317 e. The molecule has 78 valence electrons. The lowest BCUT2D eigenvalue weighted by Crippen LogP contribution is -2.26. The van der Waals surface area contributed by atoms with E-state index >= 15 is 0 Å². The molecule has 1 aliphatic rings. The van der Waals surface area contributed by atoms with Gasteiger partial charge in [0.25, 0.3) is 0 Å². The van der Waals surface area contributed by atoms with E-state index in [9.17, 15) is 0 Å². The van der Waals surface area contributed by atoms with Gasteiger partial charge in [0.2, 0.25) is 0 Å². The minimum atomic E-state index is 0.711. The molecule has 2 aromatic rings. The predicted octanol–water partition coefficient (Wildman–Crippen LogP) is 2.76. The van der Waals surface area contributed by atoms with Crippen molar-refractivity contribution in [3.8, 4) is 0 Å². The second-order valence-electron chi connectivity index (χ2n) is 4.11. The molecule has 0 atom stereocenters. The number of thiophene rings is 1. The van der Waals surface area contributed by atoms with Crippen molar-refractivity contribution in [2.45, 2.75) is 18.8 Å². The molecule has 0 unspecified atom stereocenters. The summed E-state index contributed by atoms with van der Waals surface area (Å²) in [5.41, 5.74) is 1.42. The van der Waals surface area contributed by atoms with Crippen molar-refractivity contribution in [3.05, 3.63) is 29.3 Å². The minimum absolute atomic E-state index is 0.711. The van der Waals surface area contributed by atoms with Crippen LogP contribution in [-0.2, 0) is 0 Å². The fraction of sp³-hybridized carbons (Fsp3) is 0.417. The molecular weight excluding hydrogens is 204 g/mol. The fourth-order valence-corrected chi connectivity index (χ4v) is 2.97. The van der Waals surface area contributed by atoms with Crippen molar-refractivity contribution < 1.29 is 0 Å². The van der Waals surface area contributed by atoms with E-state index < -0.39 is 0 Å². The monoisotopic (exact) mass is 218 g/mol. The van der Waals surface area contributed by atoms with E-state index in [4.69, 9.17) is 0 Å². The highest BCUT2D eigenvalue weighted by Gasteiger charge is 2.15. The first-order valence-corrected chi connectivity index (χ1v) is 6.35. The third-order valence-corrected chi connectivity index (χ3v) is 3.97. The molecule has 0 aromatic carbocycles. The number of fused-ring (bicyclic) bond motifs is 1. The van der Waals surface area contributed by atoms with Gasteiger partial charge in [-0.1, -0.05) is 0 Å². The maximum absolute atomic E-state index is 4.51. The van der Waals surface area contributed by atoms with Crippen LogP contribution >= 0.6 is 11.3 Å². The zero-order valence-corrected chi connectivity index (χ0v) is 9.39. The number of rotatable bonds is 1. The summed E-state index contributed by atoms with van der Waals surface area (Å²) in [6.45, 7) is 2.29. The molecule has 0 radical (unpaired) electrons. The molecule has 1 saturated heterocycles. The number of hydrogen-bond acceptors (Lipinski definition) is 3. The predicted molar refractivity (Wildman–Crippen MR) is 64.5 cm³/mol. The molecular formula is C12H14N2S. The van der Waals surface area contributed by atoms with Crippen molar-refractivity contribution in [3.63, 3.8) is 0 Å². The molecule has 1 N–H and O–H groups in total. The van der Waals surface area contributed by atoms with Gasteiger partial charge in [0, 0.05) is 11.6 Å². The Hall–Kier alpha value is -0.930.